The minimum Gasteiger partial charge on any atom is -0.497 e. The predicted molar refractivity (Wildman–Crippen MR) is 153 cm³/mol. The van der Waals surface area contributed by atoms with Crippen molar-refractivity contribution in [1.82, 2.24) is 9.80 Å². The number of carbonyl (C=O) groups is 2. The van der Waals surface area contributed by atoms with Crippen molar-refractivity contribution < 1.29 is 24.1 Å². The van der Waals surface area contributed by atoms with Gasteiger partial charge in [0.25, 0.3) is 11.6 Å². The van der Waals surface area contributed by atoms with Crippen LogP contribution in [0.3, 0.4) is 0 Å². The van der Waals surface area contributed by atoms with E-state index >= 15 is 0 Å². The summed E-state index contributed by atoms with van der Waals surface area (Å²) < 4.78 is 5.12. The van der Waals surface area contributed by atoms with E-state index in [0.717, 1.165) is 18.4 Å². The number of benzene rings is 3. The Labute approximate surface area is 237 Å². The Morgan fingerprint density at radius 3 is 2.34 bits per heavy atom. The van der Waals surface area contributed by atoms with Gasteiger partial charge in [-0.25, -0.2) is 4.79 Å². The number of nitrogens with one attached hydrogen (secondary N) is 1. The summed E-state index contributed by atoms with van der Waals surface area (Å²) in [5.74, 6) is 0.382. The molecule has 2 saturated heterocycles. The van der Waals surface area contributed by atoms with Gasteiger partial charge in [-0.1, -0.05) is 47.6 Å². The second-order valence-electron chi connectivity index (χ2n) is 10.0. The van der Waals surface area contributed by atoms with Crippen molar-refractivity contribution >= 4 is 29.6 Å². The largest absolute Gasteiger partial charge is 0.497 e. The molecule has 3 unspecified atom stereocenters. The fourth-order valence-electron chi connectivity index (χ4n) is 5.69. The maximum atomic E-state index is 13.5. The number of hydrogen-bond acceptors (Lipinski definition) is 8. The molecule has 0 saturated carbocycles. The first-order valence-electron chi connectivity index (χ1n) is 13.4. The molecule has 11 heteroatoms. The zero-order valence-corrected chi connectivity index (χ0v) is 22.6. The number of likely N-dealkylation sites (tertiary alicyclic amines) is 1. The highest BCUT2D eigenvalue weighted by Gasteiger charge is 2.45. The van der Waals surface area contributed by atoms with Crippen LogP contribution >= 0.6 is 0 Å². The molecule has 3 aromatic rings. The lowest BCUT2D eigenvalue weighted by atomic mass is 9.99. The van der Waals surface area contributed by atoms with E-state index in [2.05, 4.69) is 15.4 Å². The number of carbonyl (C=O) groups excluding carboxylic acids is 2. The van der Waals surface area contributed by atoms with Gasteiger partial charge < -0.3 is 9.64 Å². The number of methoxy groups -OCH3 is 1. The Balaban J connectivity index is 1.25. The number of rotatable bonds is 9. The lowest BCUT2D eigenvalue weighted by Gasteiger charge is -2.44. The monoisotopic (exact) mass is 557 g/mol. The third kappa shape index (κ3) is 6.36. The zero-order valence-electron chi connectivity index (χ0n) is 22.6. The van der Waals surface area contributed by atoms with Gasteiger partial charge in [0.15, 0.2) is 0 Å². The van der Waals surface area contributed by atoms with E-state index < -0.39 is 11.0 Å². The summed E-state index contributed by atoms with van der Waals surface area (Å²) in [7, 11) is 1.57. The van der Waals surface area contributed by atoms with E-state index in [-0.39, 0.29) is 35.3 Å². The van der Waals surface area contributed by atoms with Crippen LogP contribution in [0.1, 0.15) is 41.2 Å². The van der Waals surface area contributed by atoms with Gasteiger partial charge in [0.1, 0.15) is 11.3 Å². The molecule has 3 aromatic carbocycles. The number of nitrogens with zero attached hydrogens (tertiary/aromatic N) is 4. The fourth-order valence-corrected chi connectivity index (χ4v) is 5.69. The van der Waals surface area contributed by atoms with Crippen LogP contribution in [0, 0.1) is 10.1 Å². The Kier molecular flexibility index (Phi) is 8.54. The number of oxime groups is 1. The Morgan fingerprint density at radius 1 is 1.02 bits per heavy atom. The minimum absolute atomic E-state index is 0.0559. The quantitative estimate of drug-likeness (QED) is 0.165. The van der Waals surface area contributed by atoms with Crippen LogP contribution < -0.4 is 10.1 Å². The molecular weight excluding hydrogens is 526 g/mol. The third-order valence-electron chi connectivity index (χ3n) is 7.58. The topological polar surface area (TPSA) is 127 Å². The van der Waals surface area contributed by atoms with Gasteiger partial charge in [-0.2, -0.15) is 0 Å². The van der Waals surface area contributed by atoms with Crippen molar-refractivity contribution in [1.29, 1.82) is 0 Å². The number of nitro groups is 1. The van der Waals surface area contributed by atoms with Crippen molar-refractivity contribution in [3.8, 4) is 5.75 Å². The Bertz CT molecular complexity index is 1400. The molecule has 2 aliphatic rings. The average Bonchev–Trinajstić information content (AvgIpc) is 3.26. The van der Waals surface area contributed by atoms with Crippen molar-refractivity contribution in [2.45, 2.75) is 37.4 Å². The highest BCUT2D eigenvalue weighted by atomic mass is 16.7. The molecule has 2 bridgehead atoms. The highest BCUT2D eigenvalue weighted by Crippen LogP contribution is 2.37. The molecule has 2 fully saturated rings. The summed E-state index contributed by atoms with van der Waals surface area (Å²) in [5, 5.41) is 18.1. The van der Waals surface area contributed by atoms with Crippen molar-refractivity contribution in [3.63, 3.8) is 0 Å². The van der Waals surface area contributed by atoms with Crippen LogP contribution in [-0.2, 0) is 4.84 Å². The van der Waals surface area contributed by atoms with Gasteiger partial charge in [0.05, 0.1) is 12.0 Å². The van der Waals surface area contributed by atoms with Gasteiger partial charge >= 0.3 is 6.09 Å². The molecule has 11 nitrogen and oxygen atoms in total. The molecule has 0 aromatic heterocycles. The number of amides is 2. The van der Waals surface area contributed by atoms with Crippen molar-refractivity contribution in [3.05, 3.63) is 100 Å². The first-order chi connectivity index (χ1) is 19.9. The molecular formula is C30H31N5O6. The average molecular weight is 558 g/mol. The molecule has 2 amide bonds. The van der Waals surface area contributed by atoms with Crippen molar-refractivity contribution in [2.75, 3.05) is 25.5 Å². The molecule has 212 valence electrons. The summed E-state index contributed by atoms with van der Waals surface area (Å²) in [6.07, 6.45) is 3.02. The van der Waals surface area contributed by atoms with Gasteiger partial charge in [0.2, 0.25) is 0 Å². The number of piperazine rings is 1. The van der Waals surface area contributed by atoms with Gasteiger partial charge in [-0.15, -0.1) is 0 Å². The number of ether oxygens (including phenoxy) is 1. The highest BCUT2D eigenvalue weighted by molar-refractivity contribution is 5.98. The lowest BCUT2D eigenvalue weighted by molar-refractivity contribution is -0.385. The standard InChI is InChI=1S/C30H31N5O6/c1-40-25-15-11-22(12-16-25)32-30(37)41-31-18-17-27(21-7-3-2-4-8-21)33-19-23-13-14-24(20-33)34(23)29(36)26-9-5-6-10-28(26)35(38)39/h2-12,15-16,18,23-24,27H,13-14,17,19-20H2,1H3,(H,32,37)/b31-18+. The Morgan fingerprint density at radius 2 is 1.68 bits per heavy atom. The zero-order chi connectivity index (χ0) is 28.8. The summed E-state index contributed by atoms with van der Waals surface area (Å²) in [4.78, 5) is 45.9. The lowest BCUT2D eigenvalue weighted by Crippen LogP contribution is -2.56. The van der Waals surface area contributed by atoms with Gasteiger partial charge in [-0.3, -0.25) is 30.0 Å². The molecule has 0 radical (unpaired) electrons. The van der Waals surface area contributed by atoms with E-state index in [4.69, 9.17) is 9.57 Å². The summed E-state index contributed by atoms with van der Waals surface area (Å²) in [6.45, 7) is 1.24. The van der Waals surface area contributed by atoms with E-state index in [9.17, 15) is 19.7 Å². The molecule has 5 rings (SSSR count). The summed E-state index contributed by atoms with van der Waals surface area (Å²) in [6, 6.07) is 22.8. The molecule has 0 aliphatic carbocycles. The van der Waals surface area contributed by atoms with Crippen LogP contribution in [-0.4, -0.2) is 65.2 Å². The van der Waals surface area contributed by atoms with Crippen LogP contribution in [0.2, 0.25) is 0 Å². The molecule has 41 heavy (non-hydrogen) atoms. The summed E-state index contributed by atoms with van der Waals surface area (Å²) >= 11 is 0. The van der Waals surface area contributed by atoms with E-state index in [1.165, 1.54) is 12.1 Å². The van der Waals surface area contributed by atoms with Gasteiger partial charge in [-0.05, 0) is 48.7 Å². The Hall–Kier alpha value is -4.77. The number of nitro benzene ring substituents is 1. The number of anilines is 1. The second kappa shape index (κ2) is 12.6. The van der Waals surface area contributed by atoms with E-state index in [1.807, 2.05) is 35.2 Å². The molecule has 2 heterocycles. The van der Waals surface area contributed by atoms with Gasteiger partial charge in [0, 0.05) is 55.6 Å². The first-order valence-corrected chi connectivity index (χ1v) is 13.4. The maximum absolute atomic E-state index is 13.5. The van der Waals surface area contributed by atoms with Crippen LogP contribution in [0.25, 0.3) is 0 Å². The molecule has 3 atom stereocenters. The number of para-hydroxylation sites is 1. The number of fused-ring (bicyclic) bond motifs is 2. The minimum atomic E-state index is -0.706. The third-order valence-corrected chi connectivity index (χ3v) is 7.58. The predicted octanol–water partition coefficient (Wildman–Crippen LogP) is 5.26. The second-order valence-corrected chi connectivity index (χ2v) is 10.0. The maximum Gasteiger partial charge on any atom is 0.437 e. The fraction of sp³-hybridized carbons (Fsp3) is 0.300. The van der Waals surface area contributed by atoms with Crippen LogP contribution in [0.5, 0.6) is 5.75 Å². The smallest absolute Gasteiger partial charge is 0.437 e. The number of hydrogen-bond donors (Lipinski definition) is 1. The van der Waals surface area contributed by atoms with Crippen LogP contribution in [0.4, 0.5) is 16.2 Å². The van der Waals surface area contributed by atoms with E-state index in [1.54, 1.807) is 49.7 Å². The molecule has 0 spiro atoms. The van der Waals surface area contributed by atoms with Crippen LogP contribution in [0.15, 0.2) is 84.0 Å². The first kappa shape index (κ1) is 27.8. The van der Waals surface area contributed by atoms with Crippen molar-refractivity contribution in [2.24, 2.45) is 5.16 Å². The summed E-state index contributed by atoms with van der Waals surface area (Å²) in [5.41, 5.74) is 1.59. The molecule has 1 N–H and O–H groups in total. The van der Waals surface area contributed by atoms with E-state index in [0.29, 0.717) is 30.9 Å². The SMILES string of the molecule is COc1ccc(NC(=O)O/N=C/CC(c2ccccc2)N2CC3CCC(C2)N3C(=O)c2ccccc2[N+](=O)[O-])cc1. The molecule has 2 aliphatic heterocycles. The normalized spacial score (nSPS) is 19.1.